The Bertz CT molecular complexity index is 576. The smallest absolute Gasteiger partial charge is 0.212 e. The molecule has 0 unspecified atom stereocenters. The van der Waals surface area contributed by atoms with E-state index in [4.69, 9.17) is 4.74 Å². The first-order valence-corrected chi connectivity index (χ1v) is 6.84. The number of pyridine rings is 1. The van der Waals surface area contributed by atoms with Crippen molar-refractivity contribution in [1.82, 2.24) is 4.98 Å². The van der Waals surface area contributed by atoms with E-state index in [1.54, 1.807) is 19.4 Å². The molecule has 0 bridgehead atoms. The topological polar surface area (TPSA) is 39.2 Å². The van der Waals surface area contributed by atoms with Gasteiger partial charge in [-0.3, -0.25) is 4.79 Å². The van der Waals surface area contributed by atoms with Gasteiger partial charge in [-0.2, -0.15) is 0 Å². The number of hydrogen-bond donors (Lipinski definition) is 0. The molecular weight excluding hydrogens is 250 g/mol. The predicted octanol–water partition coefficient (Wildman–Crippen LogP) is 3.47. The van der Waals surface area contributed by atoms with Gasteiger partial charge in [0.25, 0.3) is 0 Å². The zero-order chi connectivity index (χ0) is 14.4. The Kier molecular flexibility index (Phi) is 4.88. The summed E-state index contributed by atoms with van der Waals surface area (Å²) in [6.45, 7) is 2.14. The summed E-state index contributed by atoms with van der Waals surface area (Å²) in [5.41, 5.74) is 2.88. The number of hydrogen-bond acceptors (Lipinski definition) is 3. The van der Waals surface area contributed by atoms with Gasteiger partial charge in [-0.25, -0.2) is 4.98 Å². The van der Waals surface area contributed by atoms with E-state index in [0.717, 1.165) is 24.0 Å². The highest BCUT2D eigenvalue weighted by Crippen LogP contribution is 2.12. The number of Topliss-reactive ketones (excluding diaryl/α,β-unsaturated/α-hetero) is 1. The van der Waals surface area contributed by atoms with Gasteiger partial charge in [-0.05, 0) is 23.6 Å². The number of aromatic nitrogens is 1. The number of aryl methyl sites for hydroxylation is 1. The number of ketones is 1. The summed E-state index contributed by atoms with van der Waals surface area (Å²) in [5.74, 6) is 0.682. The maximum atomic E-state index is 12.3. The van der Waals surface area contributed by atoms with Crippen molar-refractivity contribution in [2.75, 3.05) is 7.11 Å². The largest absolute Gasteiger partial charge is 0.481 e. The number of benzene rings is 1. The van der Waals surface area contributed by atoms with Gasteiger partial charge < -0.3 is 4.74 Å². The molecule has 1 aromatic heterocycles. The minimum absolute atomic E-state index is 0.120. The highest BCUT2D eigenvalue weighted by Gasteiger charge is 2.08. The van der Waals surface area contributed by atoms with Crippen LogP contribution in [0.1, 0.15) is 34.8 Å². The van der Waals surface area contributed by atoms with Crippen LogP contribution >= 0.6 is 0 Å². The molecule has 1 heterocycles. The van der Waals surface area contributed by atoms with Gasteiger partial charge in [0.15, 0.2) is 5.78 Å². The molecular formula is C17H19NO2. The van der Waals surface area contributed by atoms with Gasteiger partial charge in [0.05, 0.1) is 7.11 Å². The molecule has 3 heteroatoms. The van der Waals surface area contributed by atoms with Crippen LogP contribution in [0.15, 0.2) is 42.6 Å². The number of methoxy groups -OCH3 is 1. The number of carbonyl (C=O) groups is 1. The molecule has 0 amide bonds. The standard InChI is InChI=1S/C17H19NO2/c1-3-5-13-6-4-7-15(10-13)16(19)11-14-8-9-17(20-2)18-12-14/h4,6-10,12H,3,5,11H2,1-2H3. The van der Waals surface area contributed by atoms with Crippen molar-refractivity contribution in [3.05, 3.63) is 59.3 Å². The van der Waals surface area contributed by atoms with Crippen LogP contribution in [0.25, 0.3) is 0 Å². The van der Waals surface area contributed by atoms with Crippen molar-refractivity contribution in [3.63, 3.8) is 0 Å². The monoisotopic (exact) mass is 269 g/mol. The van der Waals surface area contributed by atoms with E-state index in [1.807, 2.05) is 24.3 Å². The fourth-order valence-corrected chi connectivity index (χ4v) is 2.11. The molecule has 0 spiro atoms. The molecule has 0 saturated carbocycles. The number of carbonyl (C=O) groups excluding carboxylic acids is 1. The molecule has 0 aliphatic heterocycles. The van der Waals surface area contributed by atoms with E-state index in [9.17, 15) is 4.79 Å². The lowest BCUT2D eigenvalue weighted by molar-refractivity contribution is 0.0992. The van der Waals surface area contributed by atoms with Crippen molar-refractivity contribution in [3.8, 4) is 5.88 Å². The molecule has 3 nitrogen and oxygen atoms in total. The number of rotatable bonds is 6. The Morgan fingerprint density at radius 1 is 1.20 bits per heavy atom. The second kappa shape index (κ2) is 6.85. The van der Waals surface area contributed by atoms with Gasteiger partial charge in [0.2, 0.25) is 5.88 Å². The van der Waals surface area contributed by atoms with Crippen LogP contribution in [-0.2, 0) is 12.8 Å². The first-order chi connectivity index (χ1) is 9.72. The number of nitrogens with zero attached hydrogens (tertiary/aromatic N) is 1. The van der Waals surface area contributed by atoms with Crippen molar-refractivity contribution >= 4 is 5.78 Å². The van der Waals surface area contributed by atoms with E-state index < -0.39 is 0 Å². The summed E-state index contributed by atoms with van der Waals surface area (Å²) in [6.07, 6.45) is 4.14. The third kappa shape index (κ3) is 3.67. The second-order valence-electron chi connectivity index (χ2n) is 4.76. The molecule has 0 aliphatic carbocycles. The Balaban J connectivity index is 2.08. The van der Waals surface area contributed by atoms with E-state index >= 15 is 0 Å². The highest BCUT2D eigenvalue weighted by molar-refractivity contribution is 5.97. The summed E-state index contributed by atoms with van der Waals surface area (Å²) < 4.78 is 5.01. The van der Waals surface area contributed by atoms with Crippen LogP contribution in [0, 0.1) is 0 Å². The van der Waals surface area contributed by atoms with Crippen LogP contribution in [0.2, 0.25) is 0 Å². The third-order valence-electron chi connectivity index (χ3n) is 3.16. The zero-order valence-electron chi connectivity index (χ0n) is 11.9. The van der Waals surface area contributed by atoms with Crippen molar-refractivity contribution < 1.29 is 9.53 Å². The third-order valence-corrected chi connectivity index (χ3v) is 3.16. The molecule has 20 heavy (non-hydrogen) atoms. The van der Waals surface area contributed by atoms with E-state index in [2.05, 4.69) is 18.0 Å². The van der Waals surface area contributed by atoms with Gasteiger partial charge >= 0.3 is 0 Å². The summed E-state index contributed by atoms with van der Waals surface area (Å²) in [6, 6.07) is 11.5. The van der Waals surface area contributed by atoms with Crippen molar-refractivity contribution in [1.29, 1.82) is 0 Å². The molecule has 104 valence electrons. The SMILES string of the molecule is CCCc1cccc(C(=O)Cc2ccc(OC)nc2)c1. The second-order valence-corrected chi connectivity index (χ2v) is 4.76. The molecule has 0 fully saturated rings. The Morgan fingerprint density at radius 3 is 2.70 bits per heavy atom. The van der Waals surface area contributed by atoms with Gasteiger partial charge in [0.1, 0.15) is 0 Å². The summed E-state index contributed by atoms with van der Waals surface area (Å²) >= 11 is 0. The first-order valence-electron chi connectivity index (χ1n) is 6.84. The average Bonchev–Trinajstić information content (AvgIpc) is 2.48. The van der Waals surface area contributed by atoms with Gasteiger partial charge in [-0.1, -0.05) is 37.6 Å². The van der Waals surface area contributed by atoms with Gasteiger partial charge in [-0.15, -0.1) is 0 Å². The molecule has 0 atom stereocenters. The Labute approximate surface area is 119 Å². The Morgan fingerprint density at radius 2 is 2.05 bits per heavy atom. The fourth-order valence-electron chi connectivity index (χ4n) is 2.11. The quantitative estimate of drug-likeness (QED) is 0.754. The van der Waals surface area contributed by atoms with E-state index in [1.165, 1.54) is 5.56 Å². The average molecular weight is 269 g/mol. The molecule has 0 aliphatic rings. The summed E-state index contributed by atoms with van der Waals surface area (Å²) in [4.78, 5) is 16.4. The van der Waals surface area contributed by atoms with Crippen LogP contribution in [-0.4, -0.2) is 17.9 Å². The highest BCUT2D eigenvalue weighted by atomic mass is 16.5. The van der Waals surface area contributed by atoms with E-state index in [0.29, 0.717) is 12.3 Å². The molecule has 1 aromatic carbocycles. The summed E-state index contributed by atoms with van der Waals surface area (Å²) in [5, 5.41) is 0. The molecule has 0 saturated heterocycles. The lowest BCUT2D eigenvalue weighted by Gasteiger charge is -2.05. The van der Waals surface area contributed by atoms with Crippen LogP contribution in [0.5, 0.6) is 5.88 Å². The van der Waals surface area contributed by atoms with Crippen LogP contribution in [0.3, 0.4) is 0 Å². The van der Waals surface area contributed by atoms with Crippen LogP contribution in [0.4, 0.5) is 0 Å². The maximum absolute atomic E-state index is 12.3. The zero-order valence-corrected chi connectivity index (χ0v) is 11.9. The van der Waals surface area contributed by atoms with Crippen molar-refractivity contribution in [2.45, 2.75) is 26.2 Å². The Hall–Kier alpha value is -2.16. The number of ether oxygens (including phenoxy) is 1. The van der Waals surface area contributed by atoms with Crippen molar-refractivity contribution in [2.24, 2.45) is 0 Å². The minimum Gasteiger partial charge on any atom is -0.481 e. The molecule has 2 rings (SSSR count). The first kappa shape index (κ1) is 14.3. The lowest BCUT2D eigenvalue weighted by Crippen LogP contribution is -2.04. The molecule has 0 radical (unpaired) electrons. The van der Waals surface area contributed by atoms with Gasteiger partial charge in [0, 0.05) is 24.2 Å². The minimum atomic E-state index is 0.120. The van der Waals surface area contributed by atoms with Crippen LogP contribution < -0.4 is 4.74 Å². The fraction of sp³-hybridized carbons (Fsp3) is 0.294. The lowest BCUT2D eigenvalue weighted by atomic mass is 10.0. The predicted molar refractivity (Wildman–Crippen MR) is 79.3 cm³/mol. The maximum Gasteiger partial charge on any atom is 0.212 e. The van der Waals surface area contributed by atoms with E-state index in [-0.39, 0.29) is 5.78 Å². The molecule has 2 aromatic rings. The molecule has 0 N–H and O–H groups in total. The summed E-state index contributed by atoms with van der Waals surface area (Å²) in [7, 11) is 1.58. The normalized spacial score (nSPS) is 10.3.